The number of nitrogens with one attached hydrogen (secondary N) is 1. The van der Waals surface area contributed by atoms with Gasteiger partial charge in [-0.2, -0.15) is 0 Å². The normalized spacial score (nSPS) is 16.6. The Kier molecular flexibility index (Phi) is 2.44. The molecule has 0 saturated heterocycles. The van der Waals surface area contributed by atoms with Crippen LogP contribution in [0.25, 0.3) is 0 Å². The molecule has 1 aliphatic rings. The molecule has 2 rings (SSSR count). The number of benzene rings is 1. The molecule has 1 fully saturated rings. The van der Waals surface area contributed by atoms with E-state index in [1.165, 1.54) is 6.07 Å². The lowest BCUT2D eigenvalue weighted by Gasteiger charge is -2.07. The summed E-state index contributed by atoms with van der Waals surface area (Å²) in [7, 11) is -3.34. The van der Waals surface area contributed by atoms with Crippen molar-refractivity contribution in [2.24, 2.45) is 0 Å². The Bertz CT molecular complexity index is 478. The van der Waals surface area contributed by atoms with Gasteiger partial charge in [-0.15, -0.1) is 0 Å². The summed E-state index contributed by atoms with van der Waals surface area (Å²) in [6.45, 7) is 1.80. The van der Waals surface area contributed by atoms with Crippen LogP contribution in [0.15, 0.2) is 23.1 Å². The molecule has 0 unspecified atom stereocenters. The smallest absolute Gasteiger partial charge is 0.240 e. The van der Waals surface area contributed by atoms with Crippen molar-refractivity contribution < 1.29 is 8.42 Å². The minimum absolute atomic E-state index is 0.132. The third-order valence-corrected chi connectivity index (χ3v) is 3.97. The summed E-state index contributed by atoms with van der Waals surface area (Å²) in [6, 6.07) is 4.89. The summed E-state index contributed by atoms with van der Waals surface area (Å²) in [5.41, 5.74) is 7.03. The van der Waals surface area contributed by atoms with Crippen LogP contribution in [0.3, 0.4) is 0 Å². The average molecular weight is 226 g/mol. The van der Waals surface area contributed by atoms with Gasteiger partial charge in [-0.1, -0.05) is 0 Å². The van der Waals surface area contributed by atoms with E-state index in [0.717, 1.165) is 18.4 Å². The minimum Gasteiger partial charge on any atom is -0.399 e. The number of hydrogen-bond acceptors (Lipinski definition) is 3. The Balaban J connectivity index is 2.31. The second kappa shape index (κ2) is 3.50. The summed E-state index contributed by atoms with van der Waals surface area (Å²) in [5, 5.41) is 0. The largest absolute Gasteiger partial charge is 0.399 e. The average Bonchev–Trinajstić information content (AvgIpc) is 2.92. The van der Waals surface area contributed by atoms with Gasteiger partial charge in [0.15, 0.2) is 0 Å². The van der Waals surface area contributed by atoms with Crippen LogP contribution in [0.4, 0.5) is 5.69 Å². The molecule has 0 amide bonds. The highest BCUT2D eigenvalue weighted by atomic mass is 32.2. The maximum atomic E-state index is 11.8. The van der Waals surface area contributed by atoms with Crippen LogP contribution in [0, 0.1) is 6.92 Å². The number of nitrogens with two attached hydrogens (primary N) is 1. The topological polar surface area (TPSA) is 72.2 Å². The number of nitrogen functional groups attached to an aromatic ring is 1. The van der Waals surface area contributed by atoms with E-state index in [4.69, 9.17) is 5.73 Å². The lowest BCUT2D eigenvalue weighted by atomic mass is 10.2. The van der Waals surface area contributed by atoms with Crippen LogP contribution in [0.5, 0.6) is 0 Å². The van der Waals surface area contributed by atoms with Crippen molar-refractivity contribution in [2.75, 3.05) is 5.73 Å². The Morgan fingerprint density at radius 1 is 1.40 bits per heavy atom. The summed E-state index contributed by atoms with van der Waals surface area (Å²) in [4.78, 5) is 0.293. The van der Waals surface area contributed by atoms with Gasteiger partial charge in [0.25, 0.3) is 0 Å². The molecular weight excluding hydrogens is 212 g/mol. The van der Waals surface area contributed by atoms with Crippen LogP contribution >= 0.6 is 0 Å². The zero-order valence-electron chi connectivity index (χ0n) is 8.53. The van der Waals surface area contributed by atoms with Crippen molar-refractivity contribution in [3.63, 3.8) is 0 Å². The van der Waals surface area contributed by atoms with Crippen LogP contribution in [-0.2, 0) is 10.0 Å². The van der Waals surface area contributed by atoms with Crippen LogP contribution in [-0.4, -0.2) is 14.5 Å². The fourth-order valence-electron chi connectivity index (χ4n) is 1.30. The Labute approximate surface area is 89.5 Å². The van der Waals surface area contributed by atoms with Crippen molar-refractivity contribution in [3.8, 4) is 0 Å². The highest BCUT2D eigenvalue weighted by Gasteiger charge is 2.27. The fourth-order valence-corrected chi connectivity index (χ4v) is 2.69. The monoisotopic (exact) mass is 226 g/mol. The van der Waals surface area contributed by atoms with Gasteiger partial charge in [0.1, 0.15) is 0 Å². The van der Waals surface area contributed by atoms with E-state index in [1.54, 1.807) is 19.1 Å². The number of sulfonamides is 1. The molecule has 1 aromatic carbocycles. The Morgan fingerprint density at radius 3 is 2.60 bits per heavy atom. The maximum absolute atomic E-state index is 11.8. The van der Waals surface area contributed by atoms with E-state index in [9.17, 15) is 8.42 Å². The van der Waals surface area contributed by atoms with E-state index in [0.29, 0.717) is 10.6 Å². The van der Waals surface area contributed by atoms with Crippen molar-refractivity contribution >= 4 is 15.7 Å². The minimum atomic E-state index is -3.34. The molecule has 0 aliphatic heterocycles. The predicted molar refractivity (Wildman–Crippen MR) is 58.9 cm³/mol. The molecule has 0 heterocycles. The zero-order chi connectivity index (χ0) is 11.1. The van der Waals surface area contributed by atoms with Gasteiger partial charge >= 0.3 is 0 Å². The Hall–Kier alpha value is -1.07. The van der Waals surface area contributed by atoms with E-state index in [1.807, 2.05) is 0 Å². The van der Waals surface area contributed by atoms with Crippen molar-refractivity contribution in [3.05, 3.63) is 23.8 Å². The van der Waals surface area contributed by atoms with Gasteiger partial charge in [-0.05, 0) is 43.5 Å². The van der Waals surface area contributed by atoms with Crippen molar-refractivity contribution in [2.45, 2.75) is 30.7 Å². The zero-order valence-corrected chi connectivity index (χ0v) is 9.34. The molecule has 3 N–H and O–H groups in total. The lowest BCUT2D eigenvalue weighted by molar-refractivity contribution is 0.581. The molecule has 82 valence electrons. The van der Waals surface area contributed by atoms with Gasteiger partial charge in [0.05, 0.1) is 4.90 Å². The predicted octanol–water partition coefficient (Wildman–Crippen LogP) is 1.02. The van der Waals surface area contributed by atoms with Crippen LogP contribution in [0.2, 0.25) is 0 Å². The van der Waals surface area contributed by atoms with E-state index >= 15 is 0 Å². The molecular formula is C10H14N2O2S. The van der Waals surface area contributed by atoms with E-state index in [2.05, 4.69) is 4.72 Å². The molecule has 4 nitrogen and oxygen atoms in total. The summed E-state index contributed by atoms with van der Waals surface area (Å²) in [5.74, 6) is 0. The molecule has 1 aromatic rings. The third kappa shape index (κ3) is 2.30. The second-order valence-corrected chi connectivity index (χ2v) is 5.63. The summed E-state index contributed by atoms with van der Waals surface area (Å²) < 4.78 is 26.2. The summed E-state index contributed by atoms with van der Waals surface area (Å²) in [6.07, 6.45) is 1.88. The molecule has 0 radical (unpaired) electrons. The Morgan fingerprint density at radius 2 is 2.07 bits per heavy atom. The lowest BCUT2D eigenvalue weighted by Crippen LogP contribution is -2.25. The maximum Gasteiger partial charge on any atom is 0.240 e. The number of anilines is 1. The van der Waals surface area contributed by atoms with Gasteiger partial charge in [-0.3, -0.25) is 0 Å². The third-order valence-electron chi connectivity index (χ3n) is 2.45. The number of aryl methyl sites for hydroxylation is 1. The quantitative estimate of drug-likeness (QED) is 0.756. The first kappa shape index (κ1) is 10.4. The van der Waals surface area contributed by atoms with Crippen LogP contribution in [0.1, 0.15) is 18.4 Å². The van der Waals surface area contributed by atoms with Crippen molar-refractivity contribution in [1.82, 2.24) is 4.72 Å². The highest BCUT2D eigenvalue weighted by molar-refractivity contribution is 7.89. The second-order valence-electron chi connectivity index (χ2n) is 3.91. The fraction of sp³-hybridized carbons (Fsp3) is 0.400. The van der Waals surface area contributed by atoms with E-state index in [-0.39, 0.29) is 6.04 Å². The number of rotatable bonds is 3. The molecule has 1 aliphatic carbocycles. The van der Waals surface area contributed by atoms with Gasteiger partial charge in [0, 0.05) is 11.7 Å². The van der Waals surface area contributed by atoms with E-state index < -0.39 is 10.0 Å². The molecule has 0 atom stereocenters. The molecule has 0 bridgehead atoms. The van der Waals surface area contributed by atoms with Gasteiger partial charge in [0.2, 0.25) is 10.0 Å². The van der Waals surface area contributed by atoms with Gasteiger partial charge in [-0.25, -0.2) is 13.1 Å². The molecule has 0 aromatic heterocycles. The first-order valence-corrected chi connectivity index (χ1v) is 6.36. The molecule has 5 heteroatoms. The SMILES string of the molecule is Cc1cc(S(=O)(=O)NC2CC2)ccc1N. The number of hydrogen-bond donors (Lipinski definition) is 2. The molecule has 0 spiro atoms. The first-order chi connectivity index (χ1) is 6.99. The summed E-state index contributed by atoms with van der Waals surface area (Å²) >= 11 is 0. The molecule has 15 heavy (non-hydrogen) atoms. The van der Waals surface area contributed by atoms with Gasteiger partial charge < -0.3 is 5.73 Å². The van der Waals surface area contributed by atoms with Crippen molar-refractivity contribution in [1.29, 1.82) is 0 Å². The first-order valence-electron chi connectivity index (χ1n) is 4.87. The highest BCUT2D eigenvalue weighted by Crippen LogP contribution is 2.23. The molecule has 1 saturated carbocycles. The van der Waals surface area contributed by atoms with Crippen LogP contribution < -0.4 is 10.5 Å². The standard InChI is InChI=1S/C10H14N2O2S/c1-7-6-9(4-5-10(7)11)15(13,14)12-8-2-3-8/h4-6,8,12H,2-3,11H2,1H3.